The lowest BCUT2D eigenvalue weighted by atomic mass is 10.1. The number of piperidine rings is 1. The maximum absolute atomic E-state index is 12.3. The molecule has 1 fully saturated rings. The second-order valence-corrected chi connectivity index (χ2v) is 6.52. The van der Waals surface area contributed by atoms with E-state index in [1.165, 1.54) is 6.33 Å². The highest BCUT2D eigenvalue weighted by Gasteiger charge is 2.26. The first-order valence-corrected chi connectivity index (χ1v) is 8.90. The maximum atomic E-state index is 12.3. The summed E-state index contributed by atoms with van der Waals surface area (Å²) in [6.45, 7) is 1.45. The van der Waals surface area contributed by atoms with Gasteiger partial charge in [-0.15, -0.1) is 0 Å². The topological polar surface area (TPSA) is 103 Å². The summed E-state index contributed by atoms with van der Waals surface area (Å²) < 4.78 is 0. The fraction of sp³-hybridized carbons (Fsp3) is 0.263. The monoisotopic (exact) mass is 364 g/mol. The number of nitrogens with zero attached hydrogens (tertiary/aromatic N) is 3. The van der Waals surface area contributed by atoms with E-state index in [-0.39, 0.29) is 6.04 Å². The Morgan fingerprint density at radius 2 is 1.96 bits per heavy atom. The van der Waals surface area contributed by atoms with Crippen LogP contribution in [0.3, 0.4) is 0 Å². The molecule has 4 rings (SSSR count). The highest BCUT2D eigenvalue weighted by atomic mass is 16.2. The first-order chi connectivity index (χ1) is 13.2. The molecule has 2 amide bonds. The van der Waals surface area contributed by atoms with Crippen LogP contribution in [0.4, 0.5) is 11.5 Å². The molecular weight excluding hydrogens is 344 g/mol. The Balaban J connectivity index is 1.40. The van der Waals surface area contributed by atoms with Gasteiger partial charge in [-0.1, -0.05) is 18.2 Å². The molecule has 0 aliphatic carbocycles. The number of aromatic nitrogens is 3. The number of benzene rings is 1. The molecule has 0 unspecified atom stereocenters. The Labute approximate surface area is 156 Å². The third kappa shape index (κ3) is 3.74. The van der Waals surface area contributed by atoms with Gasteiger partial charge in [0.1, 0.15) is 17.8 Å². The van der Waals surface area contributed by atoms with Gasteiger partial charge in [0.2, 0.25) is 0 Å². The van der Waals surface area contributed by atoms with Gasteiger partial charge in [0.15, 0.2) is 0 Å². The molecule has 1 aliphatic rings. The van der Waals surface area contributed by atoms with Crippen LogP contribution in [0.25, 0.3) is 11.0 Å². The summed E-state index contributed by atoms with van der Waals surface area (Å²) in [5, 5.41) is 6.39. The van der Waals surface area contributed by atoms with Crippen molar-refractivity contribution in [2.45, 2.75) is 18.9 Å². The summed E-state index contributed by atoms with van der Waals surface area (Å²) in [5.74, 6) is -0.442. The Kier molecular flexibility index (Phi) is 4.69. The van der Waals surface area contributed by atoms with Gasteiger partial charge in [-0.05, 0) is 31.0 Å². The molecule has 1 atom stereocenters. The average Bonchev–Trinajstić information content (AvgIpc) is 3.18. The molecule has 1 aromatic carbocycles. The third-order valence-corrected chi connectivity index (χ3v) is 4.63. The van der Waals surface area contributed by atoms with Gasteiger partial charge in [-0.2, -0.15) is 0 Å². The van der Waals surface area contributed by atoms with Crippen molar-refractivity contribution in [1.82, 2.24) is 20.3 Å². The SMILES string of the molecule is O=C(Nc1ccccc1)C(=O)N[C@H]1CCCN(c2ncnc3[nH]ccc23)C1. The smallest absolute Gasteiger partial charge is 0.313 e. The summed E-state index contributed by atoms with van der Waals surface area (Å²) >= 11 is 0. The number of nitrogens with one attached hydrogen (secondary N) is 3. The van der Waals surface area contributed by atoms with E-state index < -0.39 is 11.8 Å². The zero-order valence-corrected chi connectivity index (χ0v) is 14.7. The summed E-state index contributed by atoms with van der Waals surface area (Å²) in [7, 11) is 0. The molecule has 8 heteroatoms. The van der Waals surface area contributed by atoms with Crippen molar-refractivity contribution >= 4 is 34.4 Å². The largest absolute Gasteiger partial charge is 0.354 e. The van der Waals surface area contributed by atoms with E-state index in [4.69, 9.17) is 0 Å². The van der Waals surface area contributed by atoms with Gasteiger partial charge in [-0.3, -0.25) is 9.59 Å². The molecule has 0 radical (unpaired) electrons. The van der Waals surface area contributed by atoms with Crippen LogP contribution in [0.1, 0.15) is 12.8 Å². The number of amides is 2. The summed E-state index contributed by atoms with van der Waals surface area (Å²) in [5.41, 5.74) is 1.38. The summed E-state index contributed by atoms with van der Waals surface area (Å²) in [6, 6.07) is 10.8. The summed E-state index contributed by atoms with van der Waals surface area (Å²) in [6.07, 6.45) is 5.09. The molecule has 0 saturated carbocycles. The highest BCUT2D eigenvalue weighted by Crippen LogP contribution is 2.25. The first kappa shape index (κ1) is 17.0. The van der Waals surface area contributed by atoms with Crippen LogP contribution in [0.5, 0.6) is 0 Å². The van der Waals surface area contributed by atoms with Crippen molar-refractivity contribution in [2.24, 2.45) is 0 Å². The number of rotatable bonds is 3. The average molecular weight is 364 g/mol. The van der Waals surface area contributed by atoms with Crippen LogP contribution < -0.4 is 15.5 Å². The molecule has 8 nitrogen and oxygen atoms in total. The van der Waals surface area contributed by atoms with Gasteiger partial charge >= 0.3 is 11.8 Å². The van der Waals surface area contributed by atoms with Crippen molar-refractivity contribution in [1.29, 1.82) is 0 Å². The molecular formula is C19H20N6O2. The standard InChI is InChI=1S/C19H20N6O2/c26-18(23-13-5-2-1-3-6-13)19(27)24-14-7-4-10-25(11-14)17-15-8-9-20-16(15)21-12-22-17/h1-3,5-6,8-9,12,14H,4,7,10-11H2,(H,23,26)(H,24,27)(H,20,21,22)/t14-/m0/s1. The number of carbonyl (C=O) groups excluding carboxylic acids is 2. The number of para-hydroxylation sites is 1. The van der Waals surface area contributed by atoms with E-state index in [0.717, 1.165) is 36.2 Å². The zero-order chi connectivity index (χ0) is 18.6. The molecule has 3 heterocycles. The van der Waals surface area contributed by atoms with Crippen molar-refractivity contribution in [2.75, 3.05) is 23.3 Å². The predicted octanol–water partition coefficient (Wildman–Crippen LogP) is 1.68. The Morgan fingerprint density at radius 1 is 1.11 bits per heavy atom. The van der Waals surface area contributed by atoms with Crippen LogP contribution >= 0.6 is 0 Å². The molecule has 0 bridgehead atoms. The van der Waals surface area contributed by atoms with E-state index >= 15 is 0 Å². The van der Waals surface area contributed by atoms with Crippen LogP contribution in [-0.2, 0) is 9.59 Å². The molecule has 1 saturated heterocycles. The Bertz CT molecular complexity index is 955. The Morgan fingerprint density at radius 3 is 2.81 bits per heavy atom. The molecule has 27 heavy (non-hydrogen) atoms. The van der Waals surface area contributed by atoms with E-state index in [1.807, 2.05) is 18.3 Å². The molecule has 3 N–H and O–H groups in total. The Hall–Kier alpha value is -3.42. The number of fused-ring (bicyclic) bond motifs is 1. The van der Waals surface area contributed by atoms with Crippen molar-refractivity contribution in [3.05, 3.63) is 48.9 Å². The van der Waals surface area contributed by atoms with E-state index in [9.17, 15) is 9.59 Å². The van der Waals surface area contributed by atoms with Gasteiger partial charge < -0.3 is 20.5 Å². The second kappa shape index (κ2) is 7.45. The fourth-order valence-electron chi connectivity index (χ4n) is 3.36. The molecule has 138 valence electrons. The lowest BCUT2D eigenvalue weighted by Crippen LogP contribution is -2.50. The van der Waals surface area contributed by atoms with Gasteiger partial charge in [0, 0.05) is 31.0 Å². The van der Waals surface area contributed by atoms with Gasteiger partial charge in [0.25, 0.3) is 0 Å². The minimum absolute atomic E-state index is 0.114. The lowest BCUT2D eigenvalue weighted by molar-refractivity contribution is -0.136. The number of H-pyrrole nitrogens is 1. The van der Waals surface area contributed by atoms with Crippen molar-refractivity contribution in [3.8, 4) is 0 Å². The first-order valence-electron chi connectivity index (χ1n) is 8.90. The van der Waals surface area contributed by atoms with Crippen LogP contribution in [0.2, 0.25) is 0 Å². The van der Waals surface area contributed by atoms with E-state index in [2.05, 4.69) is 30.5 Å². The number of anilines is 2. The van der Waals surface area contributed by atoms with Crippen LogP contribution in [-0.4, -0.2) is 45.9 Å². The van der Waals surface area contributed by atoms with E-state index in [1.54, 1.807) is 24.3 Å². The zero-order valence-electron chi connectivity index (χ0n) is 14.7. The van der Waals surface area contributed by atoms with Crippen molar-refractivity contribution in [3.63, 3.8) is 0 Å². The highest BCUT2D eigenvalue weighted by molar-refractivity contribution is 6.39. The normalized spacial score (nSPS) is 16.9. The van der Waals surface area contributed by atoms with Crippen LogP contribution in [0.15, 0.2) is 48.9 Å². The number of aromatic amines is 1. The molecule has 1 aliphatic heterocycles. The molecule has 0 spiro atoms. The quantitative estimate of drug-likeness (QED) is 0.614. The van der Waals surface area contributed by atoms with Gasteiger partial charge in [-0.25, -0.2) is 9.97 Å². The molecule has 3 aromatic rings. The van der Waals surface area contributed by atoms with Gasteiger partial charge in [0.05, 0.1) is 5.39 Å². The number of hydrogen-bond acceptors (Lipinski definition) is 5. The minimum Gasteiger partial charge on any atom is -0.354 e. The minimum atomic E-state index is -0.659. The predicted molar refractivity (Wildman–Crippen MR) is 102 cm³/mol. The van der Waals surface area contributed by atoms with Crippen LogP contribution in [0, 0.1) is 0 Å². The number of hydrogen-bond donors (Lipinski definition) is 3. The third-order valence-electron chi connectivity index (χ3n) is 4.63. The van der Waals surface area contributed by atoms with Crippen molar-refractivity contribution < 1.29 is 9.59 Å². The summed E-state index contributed by atoms with van der Waals surface area (Å²) in [4.78, 5) is 38.2. The van der Waals surface area contributed by atoms with E-state index in [0.29, 0.717) is 12.2 Å². The molecule has 2 aromatic heterocycles. The lowest BCUT2D eigenvalue weighted by Gasteiger charge is -2.34. The maximum Gasteiger partial charge on any atom is 0.313 e. The fourth-order valence-corrected chi connectivity index (χ4v) is 3.36. The number of carbonyl (C=O) groups is 2. The second-order valence-electron chi connectivity index (χ2n) is 6.52.